The summed E-state index contributed by atoms with van der Waals surface area (Å²) in [7, 11) is 1.75. The van der Waals surface area contributed by atoms with Crippen LogP contribution >= 0.6 is 0 Å². The molecule has 5 nitrogen and oxygen atoms in total. The Balaban J connectivity index is 1.87. The van der Waals surface area contributed by atoms with E-state index in [2.05, 4.69) is 9.88 Å². The van der Waals surface area contributed by atoms with Gasteiger partial charge in [-0.2, -0.15) is 4.39 Å². The Morgan fingerprint density at radius 3 is 2.86 bits per heavy atom. The summed E-state index contributed by atoms with van der Waals surface area (Å²) in [6, 6.07) is 4.81. The molecule has 1 unspecified atom stereocenters. The highest BCUT2D eigenvalue weighted by molar-refractivity contribution is 5.67. The largest absolute Gasteiger partial charge is 0.444 e. The van der Waals surface area contributed by atoms with Gasteiger partial charge in [0, 0.05) is 26.7 Å². The Morgan fingerprint density at radius 2 is 2.23 bits per heavy atom. The quantitative estimate of drug-likeness (QED) is 0.805. The molecule has 1 aromatic rings. The van der Waals surface area contributed by atoms with Crippen LogP contribution in [0.15, 0.2) is 18.2 Å². The molecule has 1 aliphatic rings. The predicted octanol–water partition coefficient (Wildman–Crippen LogP) is 2.91. The molecule has 1 amide bonds. The lowest BCUT2D eigenvalue weighted by Crippen LogP contribution is -2.37. The molecule has 0 aromatic carbocycles. The highest BCUT2D eigenvalue weighted by Gasteiger charge is 2.27. The van der Waals surface area contributed by atoms with Crippen molar-refractivity contribution in [2.45, 2.75) is 32.8 Å². The van der Waals surface area contributed by atoms with Crippen LogP contribution in [0.25, 0.3) is 0 Å². The van der Waals surface area contributed by atoms with E-state index in [4.69, 9.17) is 4.74 Å². The van der Waals surface area contributed by atoms with Gasteiger partial charge in [0.05, 0.1) is 0 Å². The first-order valence-electron chi connectivity index (χ1n) is 7.56. The van der Waals surface area contributed by atoms with Crippen molar-refractivity contribution in [1.29, 1.82) is 0 Å². The van der Waals surface area contributed by atoms with Crippen LogP contribution in [-0.2, 0) is 4.74 Å². The van der Waals surface area contributed by atoms with Gasteiger partial charge in [-0.25, -0.2) is 9.78 Å². The number of nitrogens with zero attached hydrogens (tertiary/aromatic N) is 3. The SMILES string of the molecule is CN(CC1CCN(c2cccc(F)n2)C1)C(=O)OC(C)(C)C. The summed E-state index contributed by atoms with van der Waals surface area (Å²) in [4.78, 5) is 19.5. The third kappa shape index (κ3) is 4.58. The van der Waals surface area contributed by atoms with E-state index >= 15 is 0 Å². The monoisotopic (exact) mass is 309 g/mol. The van der Waals surface area contributed by atoms with E-state index in [1.165, 1.54) is 6.07 Å². The van der Waals surface area contributed by atoms with E-state index < -0.39 is 11.5 Å². The van der Waals surface area contributed by atoms with E-state index in [-0.39, 0.29) is 6.09 Å². The van der Waals surface area contributed by atoms with Gasteiger partial charge in [-0.05, 0) is 45.2 Å². The molecule has 1 atom stereocenters. The summed E-state index contributed by atoms with van der Waals surface area (Å²) in [5, 5.41) is 0. The summed E-state index contributed by atoms with van der Waals surface area (Å²) in [6.07, 6.45) is 0.639. The topological polar surface area (TPSA) is 45.7 Å². The highest BCUT2D eigenvalue weighted by Crippen LogP contribution is 2.23. The van der Waals surface area contributed by atoms with E-state index in [1.54, 1.807) is 18.0 Å². The van der Waals surface area contributed by atoms with Gasteiger partial charge >= 0.3 is 6.09 Å². The number of aromatic nitrogens is 1. The van der Waals surface area contributed by atoms with Crippen LogP contribution in [0.1, 0.15) is 27.2 Å². The van der Waals surface area contributed by atoms with Gasteiger partial charge in [0.2, 0.25) is 5.95 Å². The summed E-state index contributed by atoms with van der Waals surface area (Å²) in [5.74, 6) is 0.525. The van der Waals surface area contributed by atoms with Gasteiger partial charge in [-0.15, -0.1) is 0 Å². The molecule has 122 valence electrons. The molecule has 1 aliphatic heterocycles. The van der Waals surface area contributed by atoms with Crippen molar-refractivity contribution in [2.75, 3.05) is 31.6 Å². The normalized spacial score (nSPS) is 18.4. The fraction of sp³-hybridized carbons (Fsp3) is 0.625. The van der Waals surface area contributed by atoms with E-state index in [0.29, 0.717) is 18.3 Å². The zero-order valence-electron chi connectivity index (χ0n) is 13.7. The van der Waals surface area contributed by atoms with E-state index in [0.717, 1.165) is 19.5 Å². The molecule has 0 aliphatic carbocycles. The maximum absolute atomic E-state index is 13.2. The Bertz CT molecular complexity index is 530. The third-order valence-corrected chi connectivity index (χ3v) is 3.55. The fourth-order valence-corrected chi connectivity index (χ4v) is 2.57. The maximum Gasteiger partial charge on any atom is 0.410 e. The first-order valence-corrected chi connectivity index (χ1v) is 7.56. The molecule has 0 N–H and O–H groups in total. The molecule has 22 heavy (non-hydrogen) atoms. The van der Waals surface area contributed by atoms with Gasteiger partial charge in [0.25, 0.3) is 0 Å². The molecule has 0 saturated carbocycles. The zero-order chi connectivity index (χ0) is 16.3. The fourth-order valence-electron chi connectivity index (χ4n) is 2.57. The second kappa shape index (κ2) is 6.50. The van der Waals surface area contributed by atoms with Crippen LogP contribution < -0.4 is 4.90 Å². The molecule has 1 aromatic heterocycles. The zero-order valence-corrected chi connectivity index (χ0v) is 13.7. The lowest BCUT2D eigenvalue weighted by molar-refractivity contribution is 0.0277. The number of hydrogen-bond acceptors (Lipinski definition) is 4. The number of rotatable bonds is 3. The van der Waals surface area contributed by atoms with Crippen molar-refractivity contribution in [3.8, 4) is 0 Å². The van der Waals surface area contributed by atoms with Gasteiger partial charge < -0.3 is 14.5 Å². The maximum atomic E-state index is 13.2. The van der Waals surface area contributed by atoms with Crippen molar-refractivity contribution >= 4 is 11.9 Å². The van der Waals surface area contributed by atoms with Gasteiger partial charge in [-0.3, -0.25) is 0 Å². The predicted molar refractivity (Wildman–Crippen MR) is 83.4 cm³/mol. The van der Waals surface area contributed by atoms with Gasteiger partial charge in [-0.1, -0.05) is 6.07 Å². The van der Waals surface area contributed by atoms with Crippen LogP contribution in [0.2, 0.25) is 0 Å². The summed E-state index contributed by atoms with van der Waals surface area (Å²) < 4.78 is 18.5. The summed E-state index contributed by atoms with van der Waals surface area (Å²) in [5.41, 5.74) is -0.488. The molecular weight excluding hydrogens is 285 g/mol. The minimum Gasteiger partial charge on any atom is -0.444 e. The van der Waals surface area contributed by atoms with Crippen molar-refractivity contribution in [3.63, 3.8) is 0 Å². The van der Waals surface area contributed by atoms with E-state index in [1.807, 2.05) is 26.8 Å². The first kappa shape index (κ1) is 16.5. The molecule has 1 fully saturated rings. The molecule has 0 bridgehead atoms. The minimum absolute atomic E-state index is 0.310. The number of amides is 1. The van der Waals surface area contributed by atoms with Crippen LogP contribution in [0.4, 0.5) is 15.0 Å². The summed E-state index contributed by atoms with van der Waals surface area (Å²) >= 11 is 0. The van der Waals surface area contributed by atoms with E-state index in [9.17, 15) is 9.18 Å². The first-order chi connectivity index (χ1) is 10.2. The van der Waals surface area contributed by atoms with Crippen molar-refractivity contribution < 1.29 is 13.9 Å². The molecule has 0 spiro atoms. The smallest absolute Gasteiger partial charge is 0.410 e. The Morgan fingerprint density at radius 1 is 1.50 bits per heavy atom. The lowest BCUT2D eigenvalue weighted by atomic mass is 10.1. The lowest BCUT2D eigenvalue weighted by Gasteiger charge is -2.26. The average Bonchev–Trinajstić information content (AvgIpc) is 2.85. The third-order valence-electron chi connectivity index (χ3n) is 3.55. The van der Waals surface area contributed by atoms with Crippen LogP contribution in [0.5, 0.6) is 0 Å². The Labute approximate surface area is 131 Å². The minimum atomic E-state index is -0.488. The highest BCUT2D eigenvalue weighted by atomic mass is 19.1. The standard InChI is InChI=1S/C16H24FN3O2/c1-16(2,3)22-15(21)19(4)10-12-8-9-20(11-12)14-7-5-6-13(17)18-14/h5-7,12H,8-11H2,1-4H3. The average molecular weight is 309 g/mol. The number of carbonyl (C=O) groups is 1. The molecule has 6 heteroatoms. The second-order valence-electron chi connectivity index (χ2n) is 6.78. The number of halogens is 1. The number of pyridine rings is 1. The van der Waals surface area contributed by atoms with Crippen molar-refractivity contribution in [1.82, 2.24) is 9.88 Å². The van der Waals surface area contributed by atoms with Crippen LogP contribution in [0.3, 0.4) is 0 Å². The molecule has 2 heterocycles. The molecule has 2 rings (SSSR count). The van der Waals surface area contributed by atoms with Gasteiger partial charge in [0.1, 0.15) is 11.4 Å². The van der Waals surface area contributed by atoms with Crippen molar-refractivity contribution in [3.05, 3.63) is 24.1 Å². The molecular formula is C16H24FN3O2. The molecule has 1 saturated heterocycles. The Hall–Kier alpha value is -1.85. The molecule has 0 radical (unpaired) electrons. The second-order valence-corrected chi connectivity index (χ2v) is 6.78. The number of hydrogen-bond donors (Lipinski definition) is 0. The van der Waals surface area contributed by atoms with Crippen LogP contribution in [-0.4, -0.2) is 48.3 Å². The van der Waals surface area contributed by atoms with Crippen molar-refractivity contribution in [2.24, 2.45) is 5.92 Å². The summed E-state index contributed by atoms with van der Waals surface area (Å²) in [6.45, 7) is 7.77. The Kier molecular flexibility index (Phi) is 4.88. The van der Waals surface area contributed by atoms with Crippen LogP contribution in [0, 0.1) is 11.9 Å². The van der Waals surface area contributed by atoms with Gasteiger partial charge in [0.15, 0.2) is 0 Å². The number of ether oxygens (including phenoxy) is 1. The number of carbonyl (C=O) groups excluding carboxylic acids is 1. The number of anilines is 1.